The quantitative estimate of drug-likeness (QED) is 0.663. The van der Waals surface area contributed by atoms with Crippen LogP contribution in [0.15, 0.2) is 39.3 Å². The number of halogens is 2. The van der Waals surface area contributed by atoms with Gasteiger partial charge in [-0.3, -0.25) is 0 Å². The predicted octanol–water partition coefficient (Wildman–Crippen LogP) is 4.67. The van der Waals surface area contributed by atoms with Gasteiger partial charge in [0.15, 0.2) is 0 Å². The van der Waals surface area contributed by atoms with Crippen LogP contribution in [0.25, 0.3) is 10.8 Å². The van der Waals surface area contributed by atoms with Gasteiger partial charge in [-0.1, -0.05) is 34.1 Å². The summed E-state index contributed by atoms with van der Waals surface area (Å²) in [4.78, 5) is 0. The smallest absolute Gasteiger partial charge is 0.0282 e. The maximum Gasteiger partial charge on any atom is 0.0282 e. The molecule has 2 aromatic carbocycles. The van der Waals surface area contributed by atoms with Crippen LogP contribution in [0.4, 0.5) is 0 Å². The van der Waals surface area contributed by atoms with Gasteiger partial charge in [0, 0.05) is 8.95 Å². The Balaban J connectivity index is 2.87. The predicted molar refractivity (Wildman–Crippen MR) is 64.1 cm³/mol. The van der Waals surface area contributed by atoms with E-state index in [1.807, 2.05) is 0 Å². The average Bonchev–Trinajstić information content (AvgIpc) is 2.12. The van der Waals surface area contributed by atoms with Crippen molar-refractivity contribution >= 4 is 42.6 Å². The summed E-state index contributed by atoms with van der Waals surface area (Å²) >= 11 is 7.05. The van der Waals surface area contributed by atoms with Crippen LogP contribution >= 0.6 is 31.9 Å². The van der Waals surface area contributed by atoms with Crippen LogP contribution in [0, 0.1) is 6.92 Å². The highest BCUT2D eigenvalue weighted by molar-refractivity contribution is 9.11. The number of hydrogen-bond donors (Lipinski definition) is 0. The molecule has 0 radical (unpaired) electrons. The molecule has 66 valence electrons. The Morgan fingerprint density at radius 2 is 1.77 bits per heavy atom. The van der Waals surface area contributed by atoms with Crippen LogP contribution in [-0.2, 0) is 0 Å². The zero-order valence-corrected chi connectivity index (χ0v) is 10.3. The summed E-state index contributed by atoms with van der Waals surface area (Å²) < 4.78 is 2.31. The Kier molecular flexibility index (Phi) is 2.43. The lowest BCUT2D eigenvalue weighted by Crippen LogP contribution is -1.79. The molecule has 0 amide bonds. The van der Waals surface area contributed by atoms with E-state index in [0.29, 0.717) is 0 Å². The summed E-state index contributed by atoms with van der Waals surface area (Å²) in [6.07, 6.45) is 0. The number of rotatable bonds is 0. The van der Waals surface area contributed by atoms with Gasteiger partial charge in [0.2, 0.25) is 0 Å². The molecule has 0 aliphatic heterocycles. The second kappa shape index (κ2) is 3.43. The molecule has 0 saturated carbocycles. The van der Waals surface area contributed by atoms with Crippen molar-refractivity contribution in [3.63, 3.8) is 0 Å². The monoisotopic (exact) mass is 298 g/mol. The molecule has 0 saturated heterocycles. The molecule has 2 aromatic rings. The molecule has 0 heterocycles. The van der Waals surface area contributed by atoms with Gasteiger partial charge >= 0.3 is 0 Å². The third-order valence-corrected chi connectivity index (χ3v) is 3.66. The second-order valence-corrected chi connectivity index (χ2v) is 4.77. The van der Waals surface area contributed by atoms with Crippen molar-refractivity contribution < 1.29 is 0 Å². The van der Waals surface area contributed by atoms with E-state index in [4.69, 9.17) is 0 Å². The number of hydrogen-bond acceptors (Lipinski definition) is 0. The first-order valence-corrected chi connectivity index (χ1v) is 5.61. The van der Waals surface area contributed by atoms with Crippen molar-refractivity contribution in [1.82, 2.24) is 0 Å². The fraction of sp³-hybridized carbons (Fsp3) is 0.0909. The Morgan fingerprint density at radius 1 is 1.00 bits per heavy atom. The summed E-state index contributed by atoms with van der Waals surface area (Å²) in [6, 6.07) is 10.6. The van der Waals surface area contributed by atoms with Gasteiger partial charge in [-0.2, -0.15) is 0 Å². The first-order valence-electron chi connectivity index (χ1n) is 4.03. The van der Waals surface area contributed by atoms with Crippen LogP contribution in [0.1, 0.15) is 5.56 Å². The molecule has 2 rings (SSSR count). The number of aryl methyl sites for hydroxylation is 1. The SMILES string of the molecule is Cc1ccc2cc(Br)ccc2c1Br. The molecule has 0 atom stereocenters. The Hall–Kier alpha value is -0.340. The van der Waals surface area contributed by atoms with Gasteiger partial charge < -0.3 is 0 Å². The first-order chi connectivity index (χ1) is 6.18. The summed E-state index contributed by atoms with van der Waals surface area (Å²) in [5.74, 6) is 0. The second-order valence-electron chi connectivity index (χ2n) is 3.06. The molecular weight excluding hydrogens is 292 g/mol. The molecule has 2 heteroatoms. The third kappa shape index (κ3) is 1.65. The van der Waals surface area contributed by atoms with Crippen LogP contribution < -0.4 is 0 Å². The molecule has 13 heavy (non-hydrogen) atoms. The number of benzene rings is 2. The normalized spacial score (nSPS) is 10.7. The minimum absolute atomic E-state index is 1.12. The Labute approximate surface area is 94.2 Å². The van der Waals surface area contributed by atoms with E-state index in [0.717, 1.165) is 4.47 Å². The zero-order chi connectivity index (χ0) is 9.42. The molecule has 0 aromatic heterocycles. The lowest BCUT2D eigenvalue weighted by Gasteiger charge is -2.03. The highest BCUT2D eigenvalue weighted by atomic mass is 79.9. The van der Waals surface area contributed by atoms with E-state index < -0.39 is 0 Å². The fourth-order valence-corrected chi connectivity index (χ4v) is 2.24. The van der Waals surface area contributed by atoms with E-state index >= 15 is 0 Å². The van der Waals surface area contributed by atoms with Crippen molar-refractivity contribution in [2.45, 2.75) is 6.92 Å². The molecule has 0 unspecified atom stereocenters. The summed E-state index contributed by atoms with van der Waals surface area (Å²) in [5, 5.41) is 2.52. The minimum Gasteiger partial charge on any atom is -0.0576 e. The van der Waals surface area contributed by atoms with E-state index in [1.165, 1.54) is 20.8 Å². The minimum atomic E-state index is 1.12. The summed E-state index contributed by atoms with van der Waals surface area (Å²) in [6.45, 7) is 2.10. The maximum absolute atomic E-state index is 3.59. The highest BCUT2D eigenvalue weighted by Gasteiger charge is 2.01. The molecule has 0 nitrogen and oxygen atoms in total. The van der Waals surface area contributed by atoms with E-state index in [-0.39, 0.29) is 0 Å². The maximum atomic E-state index is 3.59. The lowest BCUT2D eigenvalue weighted by atomic mass is 10.1. The van der Waals surface area contributed by atoms with E-state index in [2.05, 4.69) is 69.1 Å². The van der Waals surface area contributed by atoms with Crippen molar-refractivity contribution in [1.29, 1.82) is 0 Å². The molecule has 0 aliphatic carbocycles. The van der Waals surface area contributed by atoms with Gasteiger partial charge in [0.25, 0.3) is 0 Å². The van der Waals surface area contributed by atoms with Crippen molar-refractivity contribution in [3.8, 4) is 0 Å². The lowest BCUT2D eigenvalue weighted by molar-refractivity contribution is 1.47. The van der Waals surface area contributed by atoms with E-state index in [1.54, 1.807) is 0 Å². The highest BCUT2D eigenvalue weighted by Crippen LogP contribution is 2.29. The van der Waals surface area contributed by atoms with Crippen molar-refractivity contribution in [2.24, 2.45) is 0 Å². The standard InChI is InChI=1S/C11H8Br2/c1-7-2-3-8-6-9(12)4-5-10(8)11(7)13/h2-6H,1H3. The molecule has 0 bridgehead atoms. The van der Waals surface area contributed by atoms with Gasteiger partial charge in [-0.15, -0.1) is 0 Å². The summed E-state index contributed by atoms with van der Waals surface area (Å²) in [5.41, 5.74) is 1.27. The fourth-order valence-electron chi connectivity index (χ4n) is 1.37. The van der Waals surface area contributed by atoms with Gasteiger partial charge in [0.1, 0.15) is 0 Å². The van der Waals surface area contributed by atoms with Crippen LogP contribution in [-0.4, -0.2) is 0 Å². The molecular formula is C11H8Br2. The number of fused-ring (bicyclic) bond motifs is 1. The van der Waals surface area contributed by atoms with Gasteiger partial charge in [-0.05, 0) is 51.3 Å². The van der Waals surface area contributed by atoms with Crippen molar-refractivity contribution in [2.75, 3.05) is 0 Å². The topological polar surface area (TPSA) is 0 Å². The van der Waals surface area contributed by atoms with Crippen LogP contribution in [0.2, 0.25) is 0 Å². The van der Waals surface area contributed by atoms with Gasteiger partial charge in [-0.25, -0.2) is 0 Å². The molecule has 0 N–H and O–H groups in total. The van der Waals surface area contributed by atoms with Crippen LogP contribution in [0.3, 0.4) is 0 Å². The molecule has 0 fully saturated rings. The molecule has 0 aliphatic rings. The summed E-state index contributed by atoms with van der Waals surface area (Å²) in [7, 11) is 0. The first kappa shape index (κ1) is 9.22. The molecule has 0 spiro atoms. The Bertz CT molecular complexity index is 461. The van der Waals surface area contributed by atoms with Crippen molar-refractivity contribution in [3.05, 3.63) is 44.8 Å². The van der Waals surface area contributed by atoms with E-state index in [9.17, 15) is 0 Å². The largest absolute Gasteiger partial charge is 0.0576 e. The van der Waals surface area contributed by atoms with Gasteiger partial charge in [0.05, 0.1) is 0 Å². The zero-order valence-electron chi connectivity index (χ0n) is 7.14. The Morgan fingerprint density at radius 3 is 2.54 bits per heavy atom. The average molecular weight is 300 g/mol. The third-order valence-electron chi connectivity index (χ3n) is 2.11. The van der Waals surface area contributed by atoms with Crippen LogP contribution in [0.5, 0.6) is 0 Å².